The van der Waals surface area contributed by atoms with Crippen molar-refractivity contribution in [3.8, 4) is 0 Å². The van der Waals surface area contributed by atoms with Crippen molar-refractivity contribution >= 4 is 11.6 Å². The molecule has 4 heteroatoms. The van der Waals surface area contributed by atoms with Crippen LogP contribution in [0.15, 0.2) is 48.5 Å². The molecule has 0 radical (unpaired) electrons. The number of amides is 1. The summed E-state index contributed by atoms with van der Waals surface area (Å²) in [6.45, 7) is 0.554. The molecule has 0 saturated heterocycles. The highest BCUT2D eigenvalue weighted by atomic mass is 19.1. The van der Waals surface area contributed by atoms with Gasteiger partial charge in [-0.2, -0.15) is 0 Å². The topological polar surface area (TPSA) is 46.3 Å². The number of benzene rings is 2. The predicted octanol–water partition coefficient (Wildman–Crippen LogP) is 2.72. The number of carbonyl (C=O) groups excluding carboxylic acids is 1. The third kappa shape index (κ3) is 3.15. The Morgan fingerprint density at radius 3 is 2.55 bits per heavy atom. The number of hydrogen-bond donors (Lipinski definition) is 1. The van der Waals surface area contributed by atoms with Crippen molar-refractivity contribution in [1.29, 1.82) is 0 Å². The fraction of sp³-hybridized carbons (Fsp3) is 0.188. The quantitative estimate of drug-likeness (QED) is 0.870. The Hall–Kier alpha value is -2.36. The maximum absolute atomic E-state index is 13.4. The van der Waals surface area contributed by atoms with Crippen LogP contribution in [0.5, 0.6) is 0 Å². The Bertz CT molecular complexity index is 599. The van der Waals surface area contributed by atoms with E-state index in [2.05, 4.69) is 0 Å². The number of halogens is 1. The first-order chi connectivity index (χ1) is 9.59. The molecule has 1 amide bonds. The van der Waals surface area contributed by atoms with Crippen LogP contribution in [-0.2, 0) is 6.42 Å². The zero-order chi connectivity index (χ0) is 14.5. The van der Waals surface area contributed by atoms with Gasteiger partial charge in [0.15, 0.2) is 0 Å². The summed E-state index contributed by atoms with van der Waals surface area (Å²) in [7, 11) is 1.69. The second-order valence-corrected chi connectivity index (χ2v) is 4.66. The molecule has 3 nitrogen and oxygen atoms in total. The molecular weight excluding hydrogens is 255 g/mol. The minimum Gasteiger partial charge on any atom is -0.396 e. The number of carbonyl (C=O) groups is 1. The summed E-state index contributed by atoms with van der Waals surface area (Å²) in [5, 5.41) is 0. The highest BCUT2D eigenvalue weighted by Gasteiger charge is 2.16. The van der Waals surface area contributed by atoms with E-state index in [0.29, 0.717) is 6.54 Å². The molecule has 0 heterocycles. The molecule has 0 unspecified atom stereocenters. The van der Waals surface area contributed by atoms with Gasteiger partial charge in [0.05, 0.1) is 11.3 Å². The van der Waals surface area contributed by atoms with E-state index < -0.39 is 5.82 Å². The highest BCUT2D eigenvalue weighted by molar-refractivity contribution is 5.99. The van der Waals surface area contributed by atoms with Crippen LogP contribution in [0.3, 0.4) is 0 Å². The van der Waals surface area contributed by atoms with E-state index in [1.807, 2.05) is 30.3 Å². The Morgan fingerprint density at radius 2 is 1.85 bits per heavy atom. The van der Waals surface area contributed by atoms with Crippen LogP contribution in [0.25, 0.3) is 0 Å². The summed E-state index contributed by atoms with van der Waals surface area (Å²) in [4.78, 5) is 13.8. The molecule has 0 aliphatic rings. The first-order valence-corrected chi connectivity index (χ1v) is 6.43. The monoisotopic (exact) mass is 272 g/mol. The summed E-state index contributed by atoms with van der Waals surface area (Å²) in [5.41, 5.74) is 6.87. The number of nitrogens with zero attached hydrogens (tertiary/aromatic N) is 1. The minimum absolute atomic E-state index is 0.0935. The Balaban J connectivity index is 2.04. The maximum Gasteiger partial charge on any atom is 0.255 e. The first-order valence-electron chi connectivity index (χ1n) is 6.43. The van der Waals surface area contributed by atoms with Gasteiger partial charge in [-0.05, 0) is 24.1 Å². The van der Waals surface area contributed by atoms with Gasteiger partial charge in [-0.15, -0.1) is 0 Å². The highest BCUT2D eigenvalue weighted by Crippen LogP contribution is 2.17. The normalized spacial score (nSPS) is 10.3. The molecule has 20 heavy (non-hydrogen) atoms. The van der Waals surface area contributed by atoms with Crippen molar-refractivity contribution < 1.29 is 9.18 Å². The average Bonchev–Trinajstić information content (AvgIpc) is 2.48. The molecule has 2 N–H and O–H groups in total. The third-order valence-corrected chi connectivity index (χ3v) is 3.21. The largest absolute Gasteiger partial charge is 0.396 e. The van der Waals surface area contributed by atoms with E-state index in [1.54, 1.807) is 18.0 Å². The lowest BCUT2D eigenvalue weighted by molar-refractivity contribution is 0.0797. The van der Waals surface area contributed by atoms with Gasteiger partial charge in [-0.1, -0.05) is 36.4 Å². The fourth-order valence-corrected chi connectivity index (χ4v) is 1.97. The smallest absolute Gasteiger partial charge is 0.255 e. The van der Waals surface area contributed by atoms with Gasteiger partial charge < -0.3 is 10.6 Å². The molecule has 0 saturated carbocycles. The van der Waals surface area contributed by atoms with Crippen molar-refractivity contribution in [2.45, 2.75) is 6.42 Å². The molecule has 104 valence electrons. The molecule has 2 aromatic rings. The van der Waals surface area contributed by atoms with Crippen LogP contribution in [0.2, 0.25) is 0 Å². The molecule has 0 fully saturated rings. The van der Waals surface area contributed by atoms with Crippen LogP contribution in [-0.4, -0.2) is 24.4 Å². The van der Waals surface area contributed by atoms with E-state index in [1.165, 1.54) is 12.1 Å². The van der Waals surface area contributed by atoms with Crippen molar-refractivity contribution in [2.75, 3.05) is 19.3 Å². The van der Waals surface area contributed by atoms with Gasteiger partial charge >= 0.3 is 0 Å². The summed E-state index contributed by atoms with van der Waals surface area (Å²) in [6, 6.07) is 14.2. The van der Waals surface area contributed by atoms with Crippen LogP contribution in [0.1, 0.15) is 15.9 Å². The zero-order valence-electron chi connectivity index (χ0n) is 11.3. The van der Waals surface area contributed by atoms with E-state index in [9.17, 15) is 9.18 Å². The van der Waals surface area contributed by atoms with Gasteiger partial charge in [0.2, 0.25) is 0 Å². The standard InChI is InChI=1S/C16H17FN2O/c1-19(11-10-12-6-3-2-4-7-12)16(20)13-8-5-9-14(17)15(13)18/h2-9H,10-11,18H2,1H3. The number of anilines is 1. The van der Waals surface area contributed by atoms with Crippen LogP contribution in [0.4, 0.5) is 10.1 Å². The number of hydrogen-bond acceptors (Lipinski definition) is 2. The minimum atomic E-state index is -0.563. The van der Waals surface area contributed by atoms with E-state index in [0.717, 1.165) is 12.0 Å². The Kier molecular flexibility index (Phi) is 4.35. The lowest BCUT2D eigenvalue weighted by Crippen LogP contribution is -2.29. The van der Waals surface area contributed by atoms with Crippen molar-refractivity contribution in [1.82, 2.24) is 4.90 Å². The van der Waals surface area contributed by atoms with Crippen molar-refractivity contribution in [2.24, 2.45) is 0 Å². The summed E-state index contributed by atoms with van der Waals surface area (Å²) < 4.78 is 13.4. The molecule has 2 rings (SSSR count). The molecular formula is C16H17FN2O. The third-order valence-electron chi connectivity index (χ3n) is 3.21. The van der Waals surface area contributed by atoms with E-state index in [-0.39, 0.29) is 17.2 Å². The summed E-state index contributed by atoms with van der Waals surface area (Å²) >= 11 is 0. The summed E-state index contributed by atoms with van der Waals surface area (Å²) in [6.07, 6.45) is 0.748. The maximum atomic E-state index is 13.4. The average molecular weight is 272 g/mol. The fourth-order valence-electron chi connectivity index (χ4n) is 1.97. The second-order valence-electron chi connectivity index (χ2n) is 4.66. The molecule has 0 spiro atoms. The SMILES string of the molecule is CN(CCc1ccccc1)C(=O)c1cccc(F)c1N. The van der Waals surface area contributed by atoms with E-state index >= 15 is 0 Å². The number of para-hydroxylation sites is 1. The summed E-state index contributed by atoms with van der Waals surface area (Å²) in [5.74, 6) is -0.828. The number of likely N-dealkylation sites (N-methyl/N-ethyl adjacent to an activating group) is 1. The van der Waals surface area contributed by atoms with Gasteiger partial charge in [0.25, 0.3) is 5.91 Å². The second kappa shape index (κ2) is 6.19. The zero-order valence-corrected chi connectivity index (χ0v) is 11.3. The van der Waals surface area contributed by atoms with Gasteiger partial charge in [-0.3, -0.25) is 4.79 Å². The Labute approximate surface area is 117 Å². The van der Waals surface area contributed by atoms with Crippen LogP contribution < -0.4 is 5.73 Å². The van der Waals surface area contributed by atoms with Crippen LogP contribution in [0, 0.1) is 5.82 Å². The molecule has 0 bridgehead atoms. The molecule has 0 atom stereocenters. The first kappa shape index (κ1) is 14.1. The van der Waals surface area contributed by atoms with Crippen molar-refractivity contribution in [3.63, 3.8) is 0 Å². The van der Waals surface area contributed by atoms with Crippen molar-refractivity contribution in [3.05, 3.63) is 65.5 Å². The molecule has 0 aromatic heterocycles. The lowest BCUT2D eigenvalue weighted by Gasteiger charge is -2.18. The van der Waals surface area contributed by atoms with E-state index in [4.69, 9.17) is 5.73 Å². The molecule has 0 aliphatic heterocycles. The van der Waals surface area contributed by atoms with Gasteiger partial charge in [0, 0.05) is 13.6 Å². The van der Waals surface area contributed by atoms with Crippen LogP contribution >= 0.6 is 0 Å². The van der Waals surface area contributed by atoms with Gasteiger partial charge in [-0.25, -0.2) is 4.39 Å². The molecule has 2 aromatic carbocycles. The number of nitrogens with two attached hydrogens (primary N) is 1. The number of rotatable bonds is 4. The number of nitrogen functional groups attached to an aromatic ring is 1. The van der Waals surface area contributed by atoms with Gasteiger partial charge in [0.1, 0.15) is 5.82 Å². The molecule has 0 aliphatic carbocycles. The Morgan fingerprint density at radius 1 is 1.15 bits per heavy atom. The lowest BCUT2D eigenvalue weighted by atomic mass is 10.1. The predicted molar refractivity (Wildman–Crippen MR) is 77.9 cm³/mol.